The van der Waals surface area contributed by atoms with Crippen LogP contribution in [-0.4, -0.2) is 104 Å². The quantitative estimate of drug-likeness (QED) is 0.0763. The van der Waals surface area contributed by atoms with E-state index in [1.165, 1.54) is 48.9 Å². The summed E-state index contributed by atoms with van der Waals surface area (Å²) in [6.45, 7) is 12.9. The summed E-state index contributed by atoms with van der Waals surface area (Å²) in [5.74, 6) is -2.12. The van der Waals surface area contributed by atoms with E-state index in [-0.39, 0.29) is 62.5 Å². The second-order valence-electron chi connectivity index (χ2n) is 19.5. The highest BCUT2D eigenvalue weighted by Crippen LogP contribution is 2.34. The summed E-state index contributed by atoms with van der Waals surface area (Å²) in [5.41, 5.74) is 8.87. The number of hydrogen-bond acceptors (Lipinski definition) is 20. The molecule has 0 fully saturated rings. The van der Waals surface area contributed by atoms with Crippen molar-refractivity contribution in [1.82, 2.24) is 49.6 Å². The zero-order valence-electron chi connectivity index (χ0n) is 46.2. The second kappa shape index (κ2) is 25.3. The Bertz CT molecular complexity index is 4170. The Labute approximate surface area is 486 Å². The number of benzene rings is 3. The van der Waals surface area contributed by atoms with Crippen LogP contribution in [0.1, 0.15) is 94.6 Å². The van der Waals surface area contributed by atoms with Gasteiger partial charge in [-0.1, -0.05) is 13.8 Å². The molecular weight excluding hydrogens is 1170 g/mol. The molecule has 0 saturated carbocycles. The summed E-state index contributed by atoms with van der Waals surface area (Å²) in [6, 6.07) is 13.1. The molecule has 1 amide bonds. The number of esters is 1. The third-order valence-electron chi connectivity index (χ3n) is 11.5. The maximum Gasteiger partial charge on any atom is 0.338 e. The Balaban J connectivity index is 0.000000178. The van der Waals surface area contributed by atoms with Crippen LogP contribution in [0.25, 0.3) is 33.4 Å². The number of carboxylic acid groups (broad SMARTS) is 1. The number of amides is 1. The Morgan fingerprint density at radius 3 is 1.23 bits per heavy atom. The van der Waals surface area contributed by atoms with Gasteiger partial charge in [-0.25, -0.2) is 49.8 Å². The van der Waals surface area contributed by atoms with Crippen LogP contribution in [0.5, 0.6) is 0 Å². The van der Waals surface area contributed by atoms with Crippen molar-refractivity contribution in [2.24, 2.45) is 26.9 Å². The van der Waals surface area contributed by atoms with Gasteiger partial charge in [0, 0.05) is 74.6 Å². The third-order valence-corrected chi connectivity index (χ3v) is 21.4. The zero-order chi connectivity index (χ0) is 60.1. The van der Waals surface area contributed by atoms with E-state index in [9.17, 15) is 44.7 Å². The minimum absolute atomic E-state index is 0.0195. The van der Waals surface area contributed by atoms with Crippen molar-refractivity contribution in [3.8, 4) is 33.4 Å². The van der Waals surface area contributed by atoms with Crippen LogP contribution in [0.2, 0.25) is 0 Å². The van der Waals surface area contributed by atoms with Crippen molar-refractivity contribution in [3.05, 3.63) is 142 Å². The van der Waals surface area contributed by atoms with Crippen molar-refractivity contribution in [2.45, 2.75) is 107 Å². The molecule has 9 aromatic rings. The number of nitrogens with zero attached hydrogens (tertiary/aromatic N) is 9. The molecule has 0 unspecified atom stereocenters. The van der Waals surface area contributed by atoms with Crippen LogP contribution in [0, 0.1) is 0 Å². The number of thiazole rings is 3. The van der Waals surface area contributed by atoms with E-state index >= 15 is 0 Å². The molecular formula is C54H59N11O11S6. The number of sulfone groups is 3. The van der Waals surface area contributed by atoms with E-state index in [0.29, 0.717) is 56.2 Å². The average molecular weight is 1230 g/mol. The number of hydrogen-bond donors (Lipinski definition) is 3. The lowest BCUT2D eigenvalue weighted by Gasteiger charge is -2.20. The van der Waals surface area contributed by atoms with Crippen LogP contribution < -0.4 is 11.1 Å². The molecule has 6 aromatic heterocycles. The fraction of sp³-hybridized carbons (Fsp3) is 0.278. The predicted octanol–water partition coefficient (Wildman–Crippen LogP) is 8.50. The number of carboxylic acids is 1. The Morgan fingerprint density at radius 2 is 0.915 bits per heavy atom. The molecule has 0 aliphatic rings. The topological polar surface area (TPSA) is 313 Å². The highest BCUT2D eigenvalue weighted by molar-refractivity contribution is 7.94. The van der Waals surface area contributed by atoms with Gasteiger partial charge in [0.1, 0.15) is 23.2 Å². The van der Waals surface area contributed by atoms with Gasteiger partial charge in [0.05, 0.1) is 73.0 Å². The Hall–Kier alpha value is -7.60. The van der Waals surface area contributed by atoms with E-state index in [1.807, 2.05) is 27.7 Å². The van der Waals surface area contributed by atoms with Crippen molar-refractivity contribution >= 4 is 81.4 Å². The first kappa shape index (κ1) is 62.0. The number of carbonyl (C=O) groups excluding carboxylic acids is 2. The number of carbonyl (C=O) groups is 3. The van der Waals surface area contributed by atoms with Gasteiger partial charge in [0.2, 0.25) is 29.5 Å². The first-order chi connectivity index (χ1) is 38.5. The van der Waals surface area contributed by atoms with E-state index in [4.69, 9.17) is 10.5 Å². The lowest BCUT2D eigenvalue weighted by molar-refractivity contribution is 0.00687. The maximum atomic E-state index is 13.2. The lowest BCUT2D eigenvalue weighted by Crippen LogP contribution is -2.30. The van der Waals surface area contributed by atoms with Crippen LogP contribution in [0.15, 0.2) is 138 Å². The number of nitrogens with two attached hydrogens (primary N) is 1. The summed E-state index contributed by atoms with van der Waals surface area (Å²) >= 11 is 3.25. The zero-order valence-corrected chi connectivity index (χ0v) is 51.1. The highest BCUT2D eigenvalue weighted by Gasteiger charge is 2.28. The number of nitrogens with one attached hydrogen (secondary N) is 1. The van der Waals surface area contributed by atoms with Crippen LogP contribution in [0.4, 0.5) is 0 Å². The molecule has 0 aliphatic heterocycles. The molecule has 0 aliphatic carbocycles. The van der Waals surface area contributed by atoms with Gasteiger partial charge in [-0.15, -0.1) is 34.0 Å². The first-order valence-electron chi connectivity index (χ1n) is 25.0. The maximum absolute atomic E-state index is 13.2. The summed E-state index contributed by atoms with van der Waals surface area (Å²) in [7, 11) is -6.26. The van der Waals surface area contributed by atoms with Gasteiger partial charge in [-0.2, -0.15) is 15.3 Å². The SMILES string of the molecule is CC(C)NC(=O)c1cc(-c2cnn(C)c2)cc(S(=O)(=O)c2cnc(CN)s2)c1.CCc1ncc(S(=O)(=O)c2cc(C(=O)O)cc(-c3cnn(C)c3)c2)s1.CCc1ncc(S(=O)(=O)c2cc(C(=O)OC(C)(C)C)cc(-c3cnn(C)c3)c2)s1. The molecule has 0 radical (unpaired) electrons. The summed E-state index contributed by atoms with van der Waals surface area (Å²) < 4.78 is 89.0. The van der Waals surface area contributed by atoms with Gasteiger partial charge >= 0.3 is 11.9 Å². The van der Waals surface area contributed by atoms with Gasteiger partial charge in [0.15, 0.2) is 0 Å². The molecule has 3 aromatic carbocycles. The molecule has 6 heterocycles. The third kappa shape index (κ3) is 14.9. The number of rotatable bonds is 16. The predicted molar refractivity (Wildman–Crippen MR) is 310 cm³/mol. The fourth-order valence-corrected chi connectivity index (χ4v) is 15.3. The lowest BCUT2D eigenvalue weighted by atomic mass is 10.1. The molecule has 0 saturated heterocycles. The minimum Gasteiger partial charge on any atom is -0.478 e. The molecule has 22 nitrogen and oxygen atoms in total. The molecule has 0 spiro atoms. The largest absolute Gasteiger partial charge is 0.478 e. The van der Waals surface area contributed by atoms with Crippen molar-refractivity contribution < 1.29 is 49.5 Å². The van der Waals surface area contributed by atoms with Gasteiger partial charge in [0.25, 0.3) is 5.91 Å². The standard InChI is InChI=1S/C20H23N3O4S2.C18H21N5O3S2.C16H15N3O4S2/c1-6-17-21-11-18(28-17)29(25,26)16-8-13(15-10-22-23(5)12-15)7-14(9-16)19(24)27-20(2,3)4;1-11(2)22-18(24)13-4-12(14-8-21-23(3)10-14)5-15(6-13)28(25,26)17-9-20-16(7-19)27-17;1-3-14-17-8-15(24-14)25(22,23)13-5-10(4-11(6-13)16(20)21)12-7-18-19(2)9-12/h7-12H,6H2,1-5H3;4-6,8-11H,7,19H2,1-3H3,(H,22,24);4-9H,3H2,1-2H3,(H,20,21). The highest BCUT2D eigenvalue weighted by atomic mass is 32.2. The molecule has 4 N–H and O–H groups in total. The van der Waals surface area contributed by atoms with Crippen molar-refractivity contribution in [3.63, 3.8) is 0 Å². The van der Waals surface area contributed by atoms with Crippen LogP contribution >= 0.6 is 34.0 Å². The number of aryl methyl sites for hydroxylation is 5. The second-order valence-corrected chi connectivity index (χ2v) is 29.4. The minimum atomic E-state index is -3.84. The molecule has 0 atom stereocenters. The fourth-order valence-electron chi connectivity index (χ4n) is 7.55. The van der Waals surface area contributed by atoms with E-state index in [1.54, 1.807) is 117 Å². The van der Waals surface area contributed by atoms with E-state index < -0.39 is 47.1 Å². The smallest absolute Gasteiger partial charge is 0.338 e. The van der Waals surface area contributed by atoms with Gasteiger partial charge in [-0.05, 0) is 119 Å². The number of ether oxygens (including phenoxy) is 1. The number of aromatic carboxylic acids is 1. The Morgan fingerprint density at radius 1 is 0.561 bits per heavy atom. The summed E-state index contributed by atoms with van der Waals surface area (Å²) in [6.07, 6.45) is 15.3. The summed E-state index contributed by atoms with van der Waals surface area (Å²) in [5, 5.41) is 26.4. The van der Waals surface area contributed by atoms with Crippen LogP contribution in [0.3, 0.4) is 0 Å². The van der Waals surface area contributed by atoms with Crippen LogP contribution in [-0.2, 0) is 74.8 Å². The first-order valence-corrected chi connectivity index (χ1v) is 31.9. The van der Waals surface area contributed by atoms with Gasteiger partial charge < -0.3 is 20.9 Å². The number of aromatic nitrogens is 9. The van der Waals surface area contributed by atoms with E-state index in [0.717, 1.165) is 39.0 Å². The molecule has 9 rings (SSSR count). The van der Waals surface area contributed by atoms with Crippen molar-refractivity contribution in [2.75, 3.05) is 0 Å². The molecule has 0 bridgehead atoms. The molecule has 28 heteroatoms. The molecule has 432 valence electrons. The van der Waals surface area contributed by atoms with Crippen molar-refractivity contribution in [1.29, 1.82) is 0 Å². The van der Waals surface area contributed by atoms with Gasteiger partial charge in [-0.3, -0.25) is 18.8 Å². The Kier molecular flexibility index (Phi) is 19.1. The average Bonchev–Trinajstić information content (AvgIpc) is 3.66. The normalized spacial score (nSPS) is 11.9. The van der Waals surface area contributed by atoms with E-state index in [2.05, 4.69) is 35.6 Å². The molecule has 82 heavy (non-hydrogen) atoms. The summed E-state index contributed by atoms with van der Waals surface area (Å²) in [4.78, 5) is 48.9. The monoisotopic (exact) mass is 1230 g/mol.